The van der Waals surface area contributed by atoms with Crippen LogP contribution in [0.4, 0.5) is 5.82 Å². The van der Waals surface area contributed by atoms with Crippen LogP contribution in [-0.2, 0) is 0 Å². The zero-order valence-corrected chi connectivity index (χ0v) is 9.17. The Hall–Kier alpha value is -0.760. The summed E-state index contributed by atoms with van der Waals surface area (Å²) < 4.78 is 0. The highest BCUT2D eigenvalue weighted by Crippen LogP contribution is 2.22. The zero-order chi connectivity index (χ0) is 9.97. The van der Waals surface area contributed by atoms with E-state index < -0.39 is 0 Å². The van der Waals surface area contributed by atoms with Gasteiger partial charge in [-0.15, -0.1) is 0 Å². The van der Waals surface area contributed by atoms with Crippen molar-refractivity contribution in [3.05, 3.63) is 23.4 Å². The van der Waals surface area contributed by atoms with Crippen molar-refractivity contribution < 1.29 is 0 Å². The second kappa shape index (κ2) is 5.36. The van der Waals surface area contributed by atoms with E-state index in [1.54, 1.807) is 0 Å². The molecular weight excluding hydrogens is 208 g/mol. The summed E-state index contributed by atoms with van der Waals surface area (Å²) in [7, 11) is 0. The Morgan fingerprint density at radius 1 is 1.33 bits per heavy atom. The number of rotatable bonds is 1. The van der Waals surface area contributed by atoms with E-state index in [4.69, 9.17) is 11.6 Å². The van der Waals surface area contributed by atoms with Crippen LogP contribution in [0.15, 0.2) is 18.2 Å². The molecule has 2 heterocycles. The summed E-state index contributed by atoms with van der Waals surface area (Å²) in [6.45, 7) is 4.52. The first-order valence-corrected chi connectivity index (χ1v) is 5.51. The fourth-order valence-corrected chi connectivity index (χ4v) is 1.97. The molecule has 0 aromatic carbocycles. The molecule has 1 fully saturated rings. The highest BCUT2D eigenvalue weighted by molar-refractivity contribution is 6.29. The lowest BCUT2D eigenvalue weighted by Gasteiger charge is -2.31. The van der Waals surface area contributed by atoms with E-state index in [0.29, 0.717) is 5.15 Å². The molecule has 1 aliphatic heterocycles. The van der Waals surface area contributed by atoms with Crippen LogP contribution in [0.25, 0.3) is 0 Å². The molecule has 2 nitrogen and oxygen atoms in total. The predicted molar refractivity (Wildman–Crippen MR) is 66.6 cm³/mol. The number of anilines is 1. The average Bonchev–Trinajstić information content (AvgIpc) is 2.19. The van der Waals surface area contributed by atoms with E-state index in [1.165, 1.54) is 12.8 Å². The van der Waals surface area contributed by atoms with Crippen LogP contribution in [0.2, 0.25) is 5.15 Å². The molecule has 1 aromatic heterocycles. The topological polar surface area (TPSA) is 16.1 Å². The van der Waals surface area contributed by atoms with Crippen LogP contribution in [0.1, 0.15) is 27.2 Å². The van der Waals surface area contributed by atoms with E-state index in [9.17, 15) is 0 Å². The zero-order valence-electron chi connectivity index (χ0n) is 8.41. The Balaban J connectivity index is 0.00000112. The maximum atomic E-state index is 5.85. The molecule has 1 aliphatic rings. The molecule has 0 atom stereocenters. The van der Waals surface area contributed by atoms with Gasteiger partial charge in [0, 0.05) is 13.1 Å². The Morgan fingerprint density at radius 2 is 2.00 bits per heavy atom. The number of piperidine rings is 1. The summed E-state index contributed by atoms with van der Waals surface area (Å²) >= 11 is 5.85. The van der Waals surface area contributed by atoms with Crippen molar-refractivity contribution in [1.82, 2.24) is 4.98 Å². The van der Waals surface area contributed by atoms with Crippen LogP contribution in [0.3, 0.4) is 0 Å². The molecule has 0 bridgehead atoms. The molecular formula is C12H19ClN2. The van der Waals surface area contributed by atoms with E-state index in [2.05, 4.69) is 16.8 Å². The number of pyridine rings is 1. The van der Waals surface area contributed by atoms with Gasteiger partial charge in [0.15, 0.2) is 0 Å². The van der Waals surface area contributed by atoms with E-state index >= 15 is 0 Å². The monoisotopic (exact) mass is 226 g/mol. The van der Waals surface area contributed by atoms with Gasteiger partial charge in [0.05, 0.1) is 0 Å². The lowest BCUT2D eigenvalue weighted by atomic mass is 9.99. The summed E-state index contributed by atoms with van der Waals surface area (Å²) in [5.41, 5.74) is 0. The first-order valence-electron chi connectivity index (χ1n) is 5.13. The molecule has 84 valence electrons. The molecule has 0 N–H and O–H groups in total. The van der Waals surface area contributed by atoms with Gasteiger partial charge in [-0.2, -0.15) is 0 Å². The Labute approximate surface area is 97.3 Å². The second-order valence-electron chi connectivity index (χ2n) is 3.99. The van der Waals surface area contributed by atoms with Crippen LogP contribution in [0.5, 0.6) is 0 Å². The lowest BCUT2D eigenvalue weighted by Crippen LogP contribution is -2.33. The van der Waals surface area contributed by atoms with Crippen molar-refractivity contribution in [2.24, 2.45) is 5.92 Å². The Bertz CT molecular complexity index is 306. The van der Waals surface area contributed by atoms with Crippen molar-refractivity contribution in [3.63, 3.8) is 0 Å². The van der Waals surface area contributed by atoms with Crippen molar-refractivity contribution in [1.29, 1.82) is 0 Å². The number of halogens is 1. The quantitative estimate of drug-likeness (QED) is 0.681. The van der Waals surface area contributed by atoms with Crippen LogP contribution in [-0.4, -0.2) is 18.1 Å². The minimum atomic E-state index is 0. The van der Waals surface area contributed by atoms with Crippen molar-refractivity contribution in [2.45, 2.75) is 27.2 Å². The van der Waals surface area contributed by atoms with E-state index in [0.717, 1.165) is 24.8 Å². The number of hydrogen-bond acceptors (Lipinski definition) is 2. The Kier molecular flexibility index (Phi) is 4.40. The normalized spacial score (nSPS) is 17.3. The van der Waals surface area contributed by atoms with Crippen LogP contribution < -0.4 is 4.90 Å². The molecule has 0 amide bonds. The summed E-state index contributed by atoms with van der Waals surface area (Å²) in [6, 6.07) is 5.81. The minimum absolute atomic E-state index is 0. The number of aromatic nitrogens is 1. The van der Waals surface area contributed by atoms with Gasteiger partial charge in [-0.1, -0.05) is 32.0 Å². The molecule has 15 heavy (non-hydrogen) atoms. The standard InChI is InChI=1S/C11H15ClN2.CH4/c1-9-5-7-14(8-6-9)11-4-2-3-10(12)13-11;/h2-4,9H,5-8H2,1H3;1H4. The van der Waals surface area contributed by atoms with Crippen molar-refractivity contribution >= 4 is 17.4 Å². The molecule has 0 unspecified atom stereocenters. The highest BCUT2D eigenvalue weighted by atomic mass is 35.5. The average molecular weight is 227 g/mol. The minimum Gasteiger partial charge on any atom is -0.357 e. The van der Waals surface area contributed by atoms with Crippen molar-refractivity contribution in [3.8, 4) is 0 Å². The molecule has 2 rings (SSSR count). The summed E-state index contributed by atoms with van der Waals surface area (Å²) in [5.74, 6) is 1.87. The van der Waals surface area contributed by atoms with Crippen molar-refractivity contribution in [2.75, 3.05) is 18.0 Å². The molecule has 0 aliphatic carbocycles. The van der Waals surface area contributed by atoms with Gasteiger partial charge in [0.2, 0.25) is 0 Å². The maximum Gasteiger partial charge on any atom is 0.131 e. The molecule has 0 saturated carbocycles. The lowest BCUT2D eigenvalue weighted by molar-refractivity contribution is 0.436. The van der Waals surface area contributed by atoms with Gasteiger partial charge in [-0.05, 0) is 30.9 Å². The fourth-order valence-electron chi connectivity index (χ4n) is 1.81. The molecule has 1 saturated heterocycles. The maximum absolute atomic E-state index is 5.85. The second-order valence-corrected chi connectivity index (χ2v) is 4.38. The third-order valence-electron chi connectivity index (χ3n) is 2.81. The first kappa shape index (κ1) is 12.3. The van der Waals surface area contributed by atoms with Crippen LogP contribution in [0, 0.1) is 5.92 Å². The van der Waals surface area contributed by atoms with Gasteiger partial charge in [-0.3, -0.25) is 0 Å². The molecule has 1 aromatic rings. The van der Waals surface area contributed by atoms with E-state index in [-0.39, 0.29) is 7.43 Å². The first-order chi connectivity index (χ1) is 6.75. The smallest absolute Gasteiger partial charge is 0.131 e. The van der Waals surface area contributed by atoms with E-state index in [1.807, 2.05) is 18.2 Å². The van der Waals surface area contributed by atoms with Gasteiger partial charge in [-0.25, -0.2) is 4.98 Å². The third-order valence-corrected chi connectivity index (χ3v) is 3.02. The number of hydrogen-bond donors (Lipinski definition) is 0. The third kappa shape index (κ3) is 3.10. The van der Waals surface area contributed by atoms with Gasteiger partial charge in [0.25, 0.3) is 0 Å². The van der Waals surface area contributed by atoms with Gasteiger partial charge >= 0.3 is 0 Å². The molecule has 0 spiro atoms. The predicted octanol–water partition coefficient (Wildman–Crippen LogP) is 3.61. The van der Waals surface area contributed by atoms with Crippen LogP contribution >= 0.6 is 11.6 Å². The van der Waals surface area contributed by atoms with Gasteiger partial charge < -0.3 is 4.90 Å². The van der Waals surface area contributed by atoms with Gasteiger partial charge in [0.1, 0.15) is 11.0 Å². The Morgan fingerprint density at radius 3 is 2.60 bits per heavy atom. The largest absolute Gasteiger partial charge is 0.357 e. The summed E-state index contributed by atoms with van der Waals surface area (Å²) in [6.07, 6.45) is 2.52. The fraction of sp³-hybridized carbons (Fsp3) is 0.583. The summed E-state index contributed by atoms with van der Waals surface area (Å²) in [5, 5.41) is 0.584. The molecule has 3 heteroatoms. The number of nitrogens with zero attached hydrogens (tertiary/aromatic N) is 2. The SMILES string of the molecule is C.CC1CCN(c2cccc(Cl)n2)CC1. The molecule has 0 radical (unpaired) electrons. The summed E-state index contributed by atoms with van der Waals surface area (Å²) in [4.78, 5) is 6.62. The highest BCUT2D eigenvalue weighted by Gasteiger charge is 2.16.